The molecule has 1 aliphatic carbocycles. The van der Waals surface area contributed by atoms with Gasteiger partial charge < -0.3 is 4.57 Å². The van der Waals surface area contributed by atoms with Gasteiger partial charge in [0, 0.05) is 18.4 Å². The molecule has 1 nitrogen and oxygen atoms in total. The molecule has 0 fully saturated rings. The van der Waals surface area contributed by atoms with E-state index in [-0.39, 0.29) is 0 Å². The van der Waals surface area contributed by atoms with Crippen LogP contribution in [0.25, 0.3) is 12.2 Å². The topological polar surface area (TPSA) is 4.93 Å². The van der Waals surface area contributed by atoms with Crippen molar-refractivity contribution in [2.75, 3.05) is 0 Å². The lowest BCUT2D eigenvalue weighted by Crippen LogP contribution is -2.00. The van der Waals surface area contributed by atoms with Crippen molar-refractivity contribution >= 4 is 12.2 Å². The van der Waals surface area contributed by atoms with E-state index < -0.39 is 0 Å². The lowest BCUT2D eigenvalue weighted by atomic mass is 10.0. The molecule has 1 aliphatic rings. The fraction of sp³-hybridized carbons (Fsp3) is 0.385. The molecular formula is C13H17N. The number of hydrogen-bond acceptors (Lipinski definition) is 0. The van der Waals surface area contributed by atoms with Gasteiger partial charge in [0.05, 0.1) is 0 Å². The average Bonchev–Trinajstić information content (AvgIpc) is 2.45. The highest BCUT2D eigenvalue weighted by molar-refractivity contribution is 5.66. The molecule has 0 saturated heterocycles. The number of rotatable bonds is 1. The third-order valence-electron chi connectivity index (χ3n) is 3.02. The first-order chi connectivity index (χ1) is 6.75. The molecule has 0 radical (unpaired) electrons. The van der Waals surface area contributed by atoms with Crippen LogP contribution in [0.15, 0.2) is 12.2 Å². The molecule has 0 atom stereocenters. The van der Waals surface area contributed by atoms with Crippen LogP contribution in [-0.4, -0.2) is 4.57 Å². The Morgan fingerprint density at radius 1 is 1.43 bits per heavy atom. The Bertz CT molecular complexity index is 405. The van der Waals surface area contributed by atoms with Gasteiger partial charge in [0.25, 0.3) is 0 Å². The summed E-state index contributed by atoms with van der Waals surface area (Å²) in [6, 6.07) is 0. The van der Waals surface area contributed by atoms with Gasteiger partial charge in [-0.05, 0) is 43.9 Å². The third-order valence-corrected chi connectivity index (χ3v) is 3.02. The van der Waals surface area contributed by atoms with Crippen LogP contribution >= 0.6 is 0 Å². The van der Waals surface area contributed by atoms with Gasteiger partial charge in [-0.15, -0.1) is 0 Å². The summed E-state index contributed by atoms with van der Waals surface area (Å²) in [5.41, 5.74) is 5.69. The molecule has 0 spiro atoms. The van der Waals surface area contributed by atoms with Crippen molar-refractivity contribution < 1.29 is 0 Å². The summed E-state index contributed by atoms with van der Waals surface area (Å²) in [5.74, 6) is 0. The average molecular weight is 187 g/mol. The van der Waals surface area contributed by atoms with Crippen LogP contribution in [-0.2, 0) is 13.5 Å². The normalized spacial score (nSPS) is 15.1. The summed E-state index contributed by atoms with van der Waals surface area (Å²) in [5, 5.41) is 0. The standard InChI is InChI=1S/C13H17N/c1-4-7-12-10(2)11-8-5-6-9-13(11)14(12)3/h4-5,7-8H,6,9H2,1-3H3/b7-4-. The van der Waals surface area contributed by atoms with E-state index in [9.17, 15) is 0 Å². The maximum Gasteiger partial charge on any atom is 0.0438 e. The van der Waals surface area contributed by atoms with Crippen LogP contribution in [0, 0.1) is 6.92 Å². The predicted octanol–water partition coefficient (Wildman–Crippen LogP) is 3.33. The second-order valence-electron chi connectivity index (χ2n) is 3.87. The molecule has 2 rings (SSSR count). The lowest BCUT2D eigenvalue weighted by molar-refractivity contribution is 0.797. The number of aromatic nitrogens is 1. The fourth-order valence-corrected chi connectivity index (χ4v) is 2.27. The van der Waals surface area contributed by atoms with Gasteiger partial charge in [-0.3, -0.25) is 0 Å². The highest BCUT2D eigenvalue weighted by Gasteiger charge is 2.15. The first-order valence-electron chi connectivity index (χ1n) is 5.23. The van der Waals surface area contributed by atoms with Gasteiger partial charge in [-0.2, -0.15) is 0 Å². The van der Waals surface area contributed by atoms with Crippen molar-refractivity contribution in [3.63, 3.8) is 0 Å². The first kappa shape index (κ1) is 9.32. The van der Waals surface area contributed by atoms with Gasteiger partial charge >= 0.3 is 0 Å². The first-order valence-corrected chi connectivity index (χ1v) is 5.23. The summed E-state index contributed by atoms with van der Waals surface area (Å²) in [6.45, 7) is 4.28. The van der Waals surface area contributed by atoms with E-state index in [1.165, 1.54) is 35.4 Å². The zero-order chi connectivity index (χ0) is 10.1. The molecule has 1 aromatic rings. The lowest BCUT2D eigenvalue weighted by Gasteiger charge is -2.08. The largest absolute Gasteiger partial charge is 0.347 e. The monoisotopic (exact) mass is 187 g/mol. The Hall–Kier alpha value is -1.24. The van der Waals surface area contributed by atoms with E-state index in [4.69, 9.17) is 0 Å². The molecule has 0 unspecified atom stereocenters. The minimum absolute atomic E-state index is 1.18. The molecule has 0 amide bonds. The Balaban J connectivity index is 2.64. The van der Waals surface area contributed by atoms with Crippen LogP contribution in [0.5, 0.6) is 0 Å². The number of nitrogens with zero attached hydrogens (tertiary/aromatic N) is 1. The van der Waals surface area contributed by atoms with Gasteiger partial charge in [0.15, 0.2) is 0 Å². The van der Waals surface area contributed by atoms with E-state index >= 15 is 0 Å². The summed E-state index contributed by atoms with van der Waals surface area (Å²) >= 11 is 0. The van der Waals surface area contributed by atoms with Crippen LogP contribution in [0.2, 0.25) is 0 Å². The van der Waals surface area contributed by atoms with Crippen molar-refractivity contribution in [3.05, 3.63) is 34.7 Å². The Kier molecular flexibility index (Phi) is 2.32. The molecular weight excluding hydrogens is 170 g/mol. The third kappa shape index (κ3) is 1.24. The van der Waals surface area contributed by atoms with Crippen molar-refractivity contribution in [1.29, 1.82) is 0 Å². The summed E-state index contributed by atoms with van der Waals surface area (Å²) < 4.78 is 2.33. The Morgan fingerprint density at radius 3 is 2.86 bits per heavy atom. The summed E-state index contributed by atoms with van der Waals surface area (Å²) in [7, 11) is 2.17. The zero-order valence-corrected chi connectivity index (χ0v) is 9.17. The predicted molar refractivity (Wildman–Crippen MR) is 62.2 cm³/mol. The second kappa shape index (κ2) is 3.49. The molecule has 0 aromatic carbocycles. The zero-order valence-electron chi connectivity index (χ0n) is 9.17. The summed E-state index contributed by atoms with van der Waals surface area (Å²) in [6.07, 6.45) is 11.2. The number of allylic oxidation sites excluding steroid dienone is 2. The molecule has 14 heavy (non-hydrogen) atoms. The van der Waals surface area contributed by atoms with Crippen molar-refractivity contribution in [2.24, 2.45) is 7.05 Å². The van der Waals surface area contributed by atoms with Crippen molar-refractivity contribution in [2.45, 2.75) is 26.7 Å². The van der Waals surface area contributed by atoms with Gasteiger partial charge in [0.1, 0.15) is 0 Å². The van der Waals surface area contributed by atoms with E-state index in [2.05, 4.69) is 49.8 Å². The number of fused-ring (bicyclic) bond motifs is 1. The van der Waals surface area contributed by atoms with Gasteiger partial charge in [-0.1, -0.05) is 18.2 Å². The maximum atomic E-state index is 2.33. The molecule has 0 bridgehead atoms. The molecule has 0 saturated carbocycles. The Morgan fingerprint density at radius 2 is 2.21 bits per heavy atom. The molecule has 1 aromatic heterocycles. The SMILES string of the molecule is C/C=C\c1c(C)c2c(n1C)CCC=C2. The highest BCUT2D eigenvalue weighted by Crippen LogP contribution is 2.28. The maximum absolute atomic E-state index is 2.33. The van der Waals surface area contributed by atoms with E-state index in [0.717, 1.165) is 0 Å². The van der Waals surface area contributed by atoms with Crippen LogP contribution in [0.4, 0.5) is 0 Å². The Labute approximate surface area is 85.7 Å². The minimum atomic E-state index is 1.18. The molecule has 1 heterocycles. The van der Waals surface area contributed by atoms with Crippen LogP contribution in [0.3, 0.4) is 0 Å². The van der Waals surface area contributed by atoms with Crippen LogP contribution < -0.4 is 0 Å². The molecule has 0 aliphatic heterocycles. The highest BCUT2D eigenvalue weighted by atomic mass is 15.0. The van der Waals surface area contributed by atoms with Crippen molar-refractivity contribution in [1.82, 2.24) is 4.57 Å². The van der Waals surface area contributed by atoms with Gasteiger partial charge in [-0.25, -0.2) is 0 Å². The van der Waals surface area contributed by atoms with E-state index in [1.807, 2.05) is 0 Å². The number of hydrogen-bond donors (Lipinski definition) is 0. The second-order valence-corrected chi connectivity index (χ2v) is 3.87. The van der Waals surface area contributed by atoms with E-state index in [1.54, 1.807) is 0 Å². The molecule has 74 valence electrons. The van der Waals surface area contributed by atoms with Crippen molar-refractivity contribution in [3.8, 4) is 0 Å². The smallest absolute Gasteiger partial charge is 0.0438 e. The fourth-order valence-electron chi connectivity index (χ4n) is 2.27. The van der Waals surface area contributed by atoms with E-state index in [0.29, 0.717) is 0 Å². The van der Waals surface area contributed by atoms with Crippen LogP contribution in [0.1, 0.15) is 35.9 Å². The van der Waals surface area contributed by atoms with Gasteiger partial charge in [0.2, 0.25) is 0 Å². The quantitative estimate of drug-likeness (QED) is 0.635. The molecule has 1 heteroatoms. The molecule has 0 N–H and O–H groups in total. The summed E-state index contributed by atoms with van der Waals surface area (Å²) in [4.78, 5) is 0. The minimum Gasteiger partial charge on any atom is -0.347 e.